The number of para-hydroxylation sites is 1. The van der Waals surface area contributed by atoms with E-state index in [1.807, 2.05) is 37.3 Å². The first-order valence-corrected chi connectivity index (χ1v) is 6.76. The van der Waals surface area contributed by atoms with Crippen LogP contribution in [-0.4, -0.2) is 23.2 Å². The Hall–Kier alpha value is -2.33. The molecule has 0 fully saturated rings. The lowest BCUT2D eigenvalue weighted by molar-refractivity contribution is -0.135. The molecule has 21 heavy (non-hydrogen) atoms. The fourth-order valence-electron chi connectivity index (χ4n) is 1.71. The van der Waals surface area contributed by atoms with Crippen molar-refractivity contribution in [2.75, 3.05) is 11.9 Å². The molecule has 0 bridgehead atoms. The zero-order valence-electron chi connectivity index (χ0n) is 12.2. The molecule has 0 radical (unpaired) electrons. The summed E-state index contributed by atoms with van der Waals surface area (Å²) in [4.78, 5) is 12.1. The maximum absolute atomic E-state index is 12.1. The lowest BCUT2D eigenvalue weighted by Gasteiger charge is -2.22. The predicted molar refractivity (Wildman–Crippen MR) is 82.4 cm³/mol. The Morgan fingerprint density at radius 3 is 2.38 bits per heavy atom. The Labute approximate surface area is 124 Å². The van der Waals surface area contributed by atoms with Gasteiger partial charge in [0.25, 0.3) is 5.91 Å². The fourth-order valence-corrected chi connectivity index (χ4v) is 1.71. The Kier molecular flexibility index (Phi) is 4.60. The minimum atomic E-state index is -1.61. The summed E-state index contributed by atoms with van der Waals surface area (Å²) in [7, 11) is 0. The average molecular weight is 285 g/mol. The van der Waals surface area contributed by atoms with E-state index in [1.165, 1.54) is 6.92 Å². The van der Waals surface area contributed by atoms with Gasteiger partial charge in [0.05, 0.1) is 0 Å². The average Bonchev–Trinajstić information content (AvgIpc) is 2.48. The van der Waals surface area contributed by atoms with Crippen LogP contribution in [0.15, 0.2) is 54.6 Å². The van der Waals surface area contributed by atoms with E-state index in [2.05, 4.69) is 5.32 Å². The van der Waals surface area contributed by atoms with Crippen LogP contribution in [0, 0.1) is 6.92 Å². The van der Waals surface area contributed by atoms with E-state index in [-0.39, 0.29) is 6.61 Å². The van der Waals surface area contributed by atoms with Crippen molar-refractivity contribution in [2.24, 2.45) is 0 Å². The first-order valence-electron chi connectivity index (χ1n) is 6.76. The van der Waals surface area contributed by atoms with Gasteiger partial charge in [-0.1, -0.05) is 35.9 Å². The zero-order chi connectivity index (χ0) is 15.3. The molecule has 0 saturated heterocycles. The smallest absolute Gasteiger partial charge is 0.259 e. The van der Waals surface area contributed by atoms with E-state index in [0.29, 0.717) is 11.4 Å². The molecule has 0 spiro atoms. The van der Waals surface area contributed by atoms with Gasteiger partial charge < -0.3 is 15.2 Å². The minimum Gasteiger partial charge on any atom is -0.490 e. The summed E-state index contributed by atoms with van der Waals surface area (Å²) < 4.78 is 5.47. The number of hydrogen-bond donors (Lipinski definition) is 2. The van der Waals surface area contributed by atoms with Crippen molar-refractivity contribution >= 4 is 11.6 Å². The van der Waals surface area contributed by atoms with Crippen molar-refractivity contribution < 1.29 is 14.6 Å². The Morgan fingerprint density at radius 1 is 1.14 bits per heavy atom. The van der Waals surface area contributed by atoms with Crippen LogP contribution in [0.4, 0.5) is 5.69 Å². The number of ether oxygens (including phenoxy) is 1. The number of rotatable bonds is 5. The number of benzene rings is 2. The molecule has 0 aliphatic rings. The van der Waals surface area contributed by atoms with Gasteiger partial charge in [0.1, 0.15) is 12.4 Å². The number of amides is 1. The van der Waals surface area contributed by atoms with Gasteiger partial charge in [-0.3, -0.25) is 4.79 Å². The van der Waals surface area contributed by atoms with Gasteiger partial charge in [-0.05, 0) is 38.1 Å². The van der Waals surface area contributed by atoms with Crippen LogP contribution in [0.1, 0.15) is 12.5 Å². The maximum atomic E-state index is 12.1. The molecule has 110 valence electrons. The second kappa shape index (κ2) is 6.41. The molecule has 4 nitrogen and oxygen atoms in total. The van der Waals surface area contributed by atoms with E-state index < -0.39 is 11.5 Å². The second-order valence-corrected chi connectivity index (χ2v) is 5.20. The molecule has 0 aromatic heterocycles. The first kappa shape index (κ1) is 15.1. The van der Waals surface area contributed by atoms with Crippen molar-refractivity contribution in [2.45, 2.75) is 19.4 Å². The molecule has 0 heterocycles. The first-order chi connectivity index (χ1) is 9.97. The third-order valence-corrected chi connectivity index (χ3v) is 3.06. The molecule has 0 unspecified atom stereocenters. The molecule has 0 saturated carbocycles. The number of hydrogen-bond acceptors (Lipinski definition) is 3. The highest BCUT2D eigenvalue weighted by Crippen LogP contribution is 2.16. The largest absolute Gasteiger partial charge is 0.490 e. The molecular weight excluding hydrogens is 266 g/mol. The van der Waals surface area contributed by atoms with Crippen LogP contribution in [0.2, 0.25) is 0 Å². The van der Waals surface area contributed by atoms with Crippen molar-refractivity contribution in [1.82, 2.24) is 0 Å². The maximum Gasteiger partial charge on any atom is 0.259 e. The Morgan fingerprint density at radius 2 is 1.76 bits per heavy atom. The second-order valence-electron chi connectivity index (χ2n) is 5.20. The summed E-state index contributed by atoms with van der Waals surface area (Å²) in [6, 6.07) is 16.4. The van der Waals surface area contributed by atoms with E-state index >= 15 is 0 Å². The Bertz CT molecular complexity index is 591. The molecule has 2 aromatic carbocycles. The van der Waals surface area contributed by atoms with Crippen molar-refractivity contribution in [3.63, 3.8) is 0 Å². The Balaban J connectivity index is 1.94. The monoisotopic (exact) mass is 285 g/mol. The van der Waals surface area contributed by atoms with Crippen LogP contribution in [0.25, 0.3) is 0 Å². The number of aryl methyl sites for hydroxylation is 1. The number of carbonyl (C=O) groups excluding carboxylic acids is 1. The van der Waals surface area contributed by atoms with Crippen LogP contribution < -0.4 is 10.1 Å². The molecule has 1 amide bonds. The molecule has 0 aliphatic carbocycles. The predicted octanol–water partition coefficient (Wildman–Crippen LogP) is 2.76. The standard InChI is InChI=1S/C17H19NO3/c1-13-8-10-15(11-9-13)21-12-17(2,20)16(19)18-14-6-4-3-5-7-14/h3-11,20H,12H2,1-2H3,(H,18,19)/t17-/m0/s1. The number of anilines is 1. The van der Waals surface area contributed by atoms with E-state index in [9.17, 15) is 9.90 Å². The van der Waals surface area contributed by atoms with Crippen LogP contribution >= 0.6 is 0 Å². The normalized spacial score (nSPS) is 13.3. The molecule has 2 aromatic rings. The fraction of sp³-hybridized carbons (Fsp3) is 0.235. The van der Waals surface area contributed by atoms with E-state index in [1.54, 1.807) is 24.3 Å². The molecule has 0 aliphatic heterocycles. The summed E-state index contributed by atoms with van der Waals surface area (Å²) in [5, 5.41) is 12.9. The molecule has 2 N–H and O–H groups in total. The summed E-state index contributed by atoms with van der Waals surface area (Å²) in [5.41, 5.74) is 0.148. The third-order valence-electron chi connectivity index (χ3n) is 3.06. The van der Waals surface area contributed by atoms with Crippen LogP contribution in [0.3, 0.4) is 0 Å². The summed E-state index contributed by atoms with van der Waals surface area (Å²) in [5.74, 6) is 0.120. The van der Waals surface area contributed by atoms with Gasteiger partial charge in [0, 0.05) is 5.69 Å². The molecule has 2 rings (SSSR count). The van der Waals surface area contributed by atoms with E-state index in [0.717, 1.165) is 5.56 Å². The number of nitrogens with one attached hydrogen (secondary N) is 1. The summed E-state index contributed by atoms with van der Waals surface area (Å²) in [6.07, 6.45) is 0. The topological polar surface area (TPSA) is 58.6 Å². The number of carbonyl (C=O) groups is 1. The van der Waals surface area contributed by atoms with Gasteiger partial charge in [-0.25, -0.2) is 0 Å². The van der Waals surface area contributed by atoms with Crippen molar-refractivity contribution in [1.29, 1.82) is 0 Å². The molecular formula is C17H19NO3. The van der Waals surface area contributed by atoms with Gasteiger partial charge in [0.15, 0.2) is 5.60 Å². The highest BCUT2D eigenvalue weighted by molar-refractivity contribution is 5.96. The van der Waals surface area contributed by atoms with Crippen molar-refractivity contribution in [3.8, 4) is 5.75 Å². The van der Waals surface area contributed by atoms with Gasteiger partial charge in [-0.15, -0.1) is 0 Å². The van der Waals surface area contributed by atoms with Crippen LogP contribution in [-0.2, 0) is 4.79 Å². The SMILES string of the molecule is Cc1ccc(OC[C@](C)(O)C(=O)Nc2ccccc2)cc1. The molecule has 4 heteroatoms. The van der Waals surface area contributed by atoms with E-state index in [4.69, 9.17) is 4.74 Å². The quantitative estimate of drug-likeness (QED) is 0.888. The van der Waals surface area contributed by atoms with Gasteiger partial charge in [-0.2, -0.15) is 0 Å². The van der Waals surface area contributed by atoms with Crippen LogP contribution in [0.5, 0.6) is 5.75 Å². The lowest BCUT2D eigenvalue weighted by atomic mass is 10.1. The van der Waals surface area contributed by atoms with Gasteiger partial charge >= 0.3 is 0 Å². The minimum absolute atomic E-state index is 0.116. The van der Waals surface area contributed by atoms with Crippen molar-refractivity contribution in [3.05, 3.63) is 60.2 Å². The highest BCUT2D eigenvalue weighted by atomic mass is 16.5. The summed E-state index contributed by atoms with van der Waals surface area (Å²) in [6.45, 7) is 3.29. The zero-order valence-corrected chi connectivity index (χ0v) is 12.2. The summed E-state index contributed by atoms with van der Waals surface area (Å²) >= 11 is 0. The van der Waals surface area contributed by atoms with Gasteiger partial charge in [0.2, 0.25) is 0 Å². The molecule has 1 atom stereocenters. The third kappa shape index (κ3) is 4.33. The highest BCUT2D eigenvalue weighted by Gasteiger charge is 2.31. The number of aliphatic hydroxyl groups is 1. The lowest BCUT2D eigenvalue weighted by Crippen LogP contribution is -2.45.